The van der Waals surface area contributed by atoms with E-state index in [0.29, 0.717) is 17.4 Å². The fourth-order valence-electron chi connectivity index (χ4n) is 2.02. The molecule has 1 aromatic heterocycles. The molecule has 1 aliphatic rings. The van der Waals surface area contributed by atoms with Gasteiger partial charge in [0.15, 0.2) is 5.13 Å². The fourth-order valence-corrected chi connectivity index (χ4v) is 2.75. The number of likely N-dealkylation sites (tertiary alicyclic amines) is 1. The number of aromatic nitrogens is 1. The van der Waals surface area contributed by atoms with E-state index in [-0.39, 0.29) is 24.5 Å². The Bertz CT molecular complexity index is 460. The van der Waals surface area contributed by atoms with Gasteiger partial charge in [-0.25, -0.2) is 4.98 Å². The molecule has 1 fully saturated rings. The van der Waals surface area contributed by atoms with Crippen LogP contribution in [0.25, 0.3) is 0 Å². The lowest BCUT2D eigenvalue weighted by molar-refractivity contribution is -0.114. The molecule has 2 heterocycles. The maximum absolute atomic E-state index is 12.2. The van der Waals surface area contributed by atoms with E-state index in [4.69, 9.17) is 0 Å². The van der Waals surface area contributed by atoms with Crippen molar-refractivity contribution in [1.82, 2.24) is 9.88 Å². The molecule has 0 saturated carbocycles. The van der Waals surface area contributed by atoms with Gasteiger partial charge < -0.3 is 15.3 Å². The summed E-state index contributed by atoms with van der Waals surface area (Å²) in [5.41, 5.74) is 0.323. The second kappa shape index (κ2) is 5.45. The number of nitrogens with one attached hydrogen (secondary N) is 1. The first kappa shape index (κ1) is 13.0. The van der Waals surface area contributed by atoms with Gasteiger partial charge in [-0.3, -0.25) is 9.59 Å². The summed E-state index contributed by atoms with van der Waals surface area (Å²) in [6.07, 6.45) is 1.73. The van der Waals surface area contributed by atoms with Crippen molar-refractivity contribution in [3.63, 3.8) is 0 Å². The number of anilines is 1. The molecule has 7 heteroatoms. The Morgan fingerprint density at radius 3 is 3.11 bits per heavy atom. The van der Waals surface area contributed by atoms with Crippen molar-refractivity contribution in [2.45, 2.75) is 25.8 Å². The molecule has 6 nitrogen and oxygen atoms in total. The van der Waals surface area contributed by atoms with E-state index in [0.717, 1.165) is 12.8 Å². The molecule has 1 aliphatic heterocycles. The molecule has 18 heavy (non-hydrogen) atoms. The van der Waals surface area contributed by atoms with Gasteiger partial charge in [-0.15, -0.1) is 11.3 Å². The summed E-state index contributed by atoms with van der Waals surface area (Å²) in [5, 5.41) is 13.8. The number of hydrogen-bond acceptors (Lipinski definition) is 5. The monoisotopic (exact) mass is 269 g/mol. The summed E-state index contributed by atoms with van der Waals surface area (Å²) in [4.78, 5) is 28.8. The number of hydrogen-bond donors (Lipinski definition) is 2. The summed E-state index contributed by atoms with van der Waals surface area (Å²) < 4.78 is 0. The number of aliphatic hydroxyl groups is 1. The molecule has 1 aromatic rings. The van der Waals surface area contributed by atoms with Crippen molar-refractivity contribution in [1.29, 1.82) is 0 Å². The van der Waals surface area contributed by atoms with Crippen LogP contribution in [-0.4, -0.2) is 46.0 Å². The fraction of sp³-hybridized carbons (Fsp3) is 0.545. The highest BCUT2D eigenvalue weighted by molar-refractivity contribution is 7.14. The maximum atomic E-state index is 12.2. The molecule has 0 radical (unpaired) electrons. The van der Waals surface area contributed by atoms with Gasteiger partial charge in [-0.05, 0) is 12.8 Å². The molecule has 0 aliphatic carbocycles. The number of carbonyl (C=O) groups is 2. The number of carbonyl (C=O) groups excluding carboxylic acids is 2. The van der Waals surface area contributed by atoms with Gasteiger partial charge in [-0.2, -0.15) is 0 Å². The van der Waals surface area contributed by atoms with Crippen LogP contribution in [0.1, 0.15) is 30.3 Å². The minimum absolute atomic E-state index is 0.0194. The highest BCUT2D eigenvalue weighted by Gasteiger charge is 2.30. The predicted octanol–water partition coefficient (Wildman–Crippen LogP) is 0.698. The molecule has 0 aromatic carbocycles. The zero-order chi connectivity index (χ0) is 13.1. The van der Waals surface area contributed by atoms with Crippen LogP contribution in [0.2, 0.25) is 0 Å². The van der Waals surface area contributed by atoms with Crippen molar-refractivity contribution in [3.8, 4) is 0 Å². The van der Waals surface area contributed by atoms with Crippen molar-refractivity contribution >= 4 is 28.3 Å². The Kier molecular flexibility index (Phi) is 3.93. The summed E-state index contributed by atoms with van der Waals surface area (Å²) in [5.74, 6) is -0.392. The van der Waals surface area contributed by atoms with E-state index in [1.165, 1.54) is 18.3 Å². The molecule has 1 unspecified atom stereocenters. The van der Waals surface area contributed by atoms with Crippen LogP contribution in [-0.2, 0) is 4.79 Å². The summed E-state index contributed by atoms with van der Waals surface area (Å²) in [7, 11) is 0. The Hall–Kier alpha value is -1.47. The molecule has 0 spiro atoms. The molecule has 1 atom stereocenters. The smallest absolute Gasteiger partial charge is 0.273 e. The van der Waals surface area contributed by atoms with Crippen LogP contribution in [0.15, 0.2) is 5.38 Å². The quantitative estimate of drug-likeness (QED) is 0.846. The average molecular weight is 269 g/mol. The standard InChI is InChI=1S/C11H15N3O3S/c1-7(16)12-11-13-9(6-18-11)10(17)14-4-2-3-8(14)5-15/h6,8,15H,2-5H2,1H3,(H,12,13,16). The molecule has 98 valence electrons. The number of thiazole rings is 1. The molecule has 2 rings (SSSR count). The summed E-state index contributed by atoms with van der Waals surface area (Å²) in [6.45, 7) is 2.02. The zero-order valence-corrected chi connectivity index (χ0v) is 10.9. The molecular formula is C11H15N3O3S. The first-order valence-electron chi connectivity index (χ1n) is 5.76. The Balaban J connectivity index is 2.09. The van der Waals surface area contributed by atoms with Gasteiger partial charge in [0.2, 0.25) is 5.91 Å². The van der Waals surface area contributed by atoms with Crippen LogP contribution >= 0.6 is 11.3 Å². The lowest BCUT2D eigenvalue weighted by atomic mass is 10.2. The Labute approximate surface area is 109 Å². The molecule has 1 saturated heterocycles. The number of aliphatic hydroxyl groups excluding tert-OH is 1. The van der Waals surface area contributed by atoms with Gasteiger partial charge in [-0.1, -0.05) is 0 Å². The second-order valence-electron chi connectivity index (χ2n) is 4.20. The highest BCUT2D eigenvalue weighted by atomic mass is 32.1. The van der Waals surface area contributed by atoms with Gasteiger partial charge in [0.25, 0.3) is 5.91 Å². The van der Waals surface area contributed by atoms with E-state index in [9.17, 15) is 14.7 Å². The number of amides is 2. The van der Waals surface area contributed by atoms with Crippen LogP contribution in [0.3, 0.4) is 0 Å². The third-order valence-electron chi connectivity index (χ3n) is 2.86. The molecular weight excluding hydrogens is 254 g/mol. The highest BCUT2D eigenvalue weighted by Crippen LogP contribution is 2.22. The zero-order valence-electron chi connectivity index (χ0n) is 10.0. The average Bonchev–Trinajstić information content (AvgIpc) is 2.95. The van der Waals surface area contributed by atoms with Gasteiger partial charge in [0.1, 0.15) is 5.69 Å². The topological polar surface area (TPSA) is 82.5 Å². The van der Waals surface area contributed by atoms with Crippen molar-refractivity contribution < 1.29 is 14.7 Å². The van der Waals surface area contributed by atoms with E-state index < -0.39 is 0 Å². The minimum Gasteiger partial charge on any atom is -0.394 e. The SMILES string of the molecule is CC(=O)Nc1nc(C(=O)N2CCCC2CO)cs1. The Morgan fingerprint density at radius 2 is 2.44 bits per heavy atom. The molecule has 2 N–H and O–H groups in total. The molecule has 0 bridgehead atoms. The maximum Gasteiger partial charge on any atom is 0.273 e. The third-order valence-corrected chi connectivity index (χ3v) is 3.61. The number of nitrogens with zero attached hydrogens (tertiary/aromatic N) is 2. The number of rotatable bonds is 3. The summed E-state index contributed by atoms with van der Waals surface area (Å²) in [6, 6.07) is -0.108. The first-order valence-corrected chi connectivity index (χ1v) is 6.64. The van der Waals surface area contributed by atoms with Gasteiger partial charge in [0, 0.05) is 18.8 Å². The largest absolute Gasteiger partial charge is 0.394 e. The van der Waals surface area contributed by atoms with E-state index >= 15 is 0 Å². The van der Waals surface area contributed by atoms with Gasteiger partial charge >= 0.3 is 0 Å². The van der Waals surface area contributed by atoms with E-state index in [1.807, 2.05) is 0 Å². The van der Waals surface area contributed by atoms with E-state index in [2.05, 4.69) is 10.3 Å². The Morgan fingerprint density at radius 1 is 1.67 bits per heavy atom. The van der Waals surface area contributed by atoms with Crippen LogP contribution in [0.4, 0.5) is 5.13 Å². The van der Waals surface area contributed by atoms with Crippen LogP contribution < -0.4 is 5.32 Å². The normalized spacial score (nSPS) is 19.0. The second-order valence-corrected chi connectivity index (χ2v) is 5.05. The minimum atomic E-state index is -0.210. The lowest BCUT2D eigenvalue weighted by Gasteiger charge is -2.21. The van der Waals surface area contributed by atoms with Crippen LogP contribution in [0.5, 0.6) is 0 Å². The first-order chi connectivity index (χ1) is 8.61. The summed E-state index contributed by atoms with van der Waals surface area (Å²) >= 11 is 1.22. The van der Waals surface area contributed by atoms with Gasteiger partial charge in [0.05, 0.1) is 12.6 Å². The van der Waals surface area contributed by atoms with Crippen LogP contribution in [0, 0.1) is 0 Å². The van der Waals surface area contributed by atoms with Crippen molar-refractivity contribution in [2.24, 2.45) is 0 Å². The van der Waals surface area contributed by atoms with Crippen molar-refractivity contribution in [2.75, 3.05) is 18.5 Å². The molecule has 2 amide bonds. The predicted molar refractivity (Wildman–Crippen MR) is 67.6 cm³/mol. The van der Waals surface area contributed by atoms with E-state index in [1.54, 1.807) is 10.3 Å². The van der Waals surface area contributed by atoms with Crippen molar-refractivity contribution in [3.05, 3.63) is 11.1 Å². The third kappa shape index (κ3) is 2.68. The lowest BCUT2D eigenvalue weighted by Crippen LogP contribution is -2.37.